The number of nitrogens with one attached hydrogen (secondary N) is 1. The molecule has 2 unspecified atom stereocenters. The van der Waals surface area contributed by atoms with Crippen molar-refractivity contribution in [2.24, 2.45) is 17.3 Å². The van der Waals surface area contributed by atoms with Crippen molar-refractivity contribution in [2.45, 2.75) is 44.1 Å². The van der Waals surface area contributed by atoms with E-state index < -0.39 is 34.4 Å². The summed E-state index contributed by atoms with van der Waals surface area (Å²) < 4.78 is 5.29. The van der Waals surface area contributed by atoms with Crippen LogP contribution < -0.4 is 5.32 Å². The van der Waals surface area contributed by atoms with Gasteiger partial charge in [0, 0.05) is 11.8 Å². The van der Waals surface area contributed by atoms with Gasteiger partial charge in [0.2, 0.25) is 0 Å². The number of nitrogens with zero attached hydrogens (tertiary/aromatic N) is 1. The number of hydrogen-bond acceptors (Lipinski definition) is 6. The standard InChI is InChI=1S/C19H21ClN2O6/c20-14-2-1-13(4-15(14)22(26)27)21-16(23)9-28-17(24)18-5-11-3-12(6-18)8-19(25,7-11)10-18/h1-2,4,11-12,25H,3,5-10H2,(H,21,23). The van der Waals surface area contributed by atoms with Crippen LogP contribution in [-0.4, -0.2) is 34.1 Å². The minimum absolute atomic E-state index is 0.0332. The molecule has 0 heterocycles. The van der Waals surface area contributed by atoms with Crippen LogP contribution in [0, 0.1) is 27.4 Å². The predicted molar refractivity (Wildman–Crippen MR) is 99.8 cm³/mol. The number of hydrogen-bond donors (Lipinski definition) is 2. The van der Waals surface area contributed by atoms with Gasteiger partial charge in [0.15, 0.2) is 6.61 Å². The van der Waals surface area contributed by atoms with Crippen LogP contribution in [0.5, 0.6) is 0 Å². The lowest BCUT2D eigenvalue weighted by Crippen LogP contribution is -2.58. The van der Waals surface area contributed by atoms with Crippen LogP contribution in [0.25, 0.3) is 0 Å². The van der Waals surface area contributed by atoms with Crippen LogP contribution in [0.2, 0.25) is 5.02 Å². The lowest BCUT2D eigenvalue weighted by molar-refractivity contribution is -0.384. The zero-order valence-electron chi connectivity index (χ0n) is 15.2. The first-order chi connectivity index (χ1) is 13.2. The molecule has 4 saturated carbocycles. The predicted octanol–water partition coefficient (Wildman–Crippen LogP) is 3.06. The quantitative estimate of drug-likeness (QED) is 0.439. The Kier molecular flexibility index (Phi) is 4.58. The summed E-state index contributed by atoms with van der Waals surface area (Å²) in [7, 11) is 0. The number of nitro groups is 1. The van der Waals surface area contributed by atoms with Gasteiger partial charge < -0.3 is 15.2 Å². The Morgan fingerprint density at radius 3 is 2.57 bits per heavy atom. The van der Waals surface area contributed by atoms with Gasteiger partial charge in [0.25, 0.3) is 11.6 Å². The molecule has 4 aliphatic carbocycles. The number of rotatable bonds is 5. The third-order valence-corrected chi connectivity index (χ3v) is 6.54. The van der Waals surface area contributed by atoms with Crippen molar-refractivity contribution >= 4 is 34.9 Å². The summed E-state index contributed by atoms with van der Waals surface area (Å²) in [5, 5.41) is 24.1. The lowest BCUT2D eigenvalue weighted by atomic mass is 9.48. The minimum atomic E-state index is -0.784. The van der Waals surface area contributed by atoms with E-state index in [2.05, 4.69) is 5.32 Å². The maximum Gasteiger partial charge on any atom is 0.312 e. The summed E-state index contributed by atoms with van der Waals surface area (Å²) in [5.41, 5.74) is -1.61. The fourth-order valence-electron chi connectivity index (χ4n) is 5.66. The molecule has 2 N–H and O–H groups in total. The van der Waals surface area contributed by atoms with E-state index in [1.165, 1.54) is 12.1 Å². The zero-order valence-corrected chi connectivity index (χ0v) is 15.9. The SMILES string of the molecule is O=C(COC(=O)C12CC3CC(CC(O)(C3)C1)C2)Nc1ccc(Cl)c([N+](=O)[O-])c1. The highest BCUT2D eigenvalue weighted by molar-refractivity contribution is 6.32. The summed E-state index contributed by atoms with van der Waals surface area (Å²) in [4.78, 5) is 35.2. The average molecular weight is 409 g/mol. The van der Waals surface area contributed by atoms with E-state index in [-0.39, 0.29) is 16.4 Å². The van der Waals surface area contributed by atoms with Crippen molar-refractivity contribution in [2.75, 3.05) is 11.9 Å². The minimum Gasteiger partial charge on any atom is -0.455 e. The van der Waals surface area contributed by atoms with Gasteiger partial charge in [-0.3, -0.25) is 19.7 Å². The van der Waals surface area contributed by atoms with Crippen molar-refractivity contribution in [3.8, 4) is 0 Å². The van der Waals surface area contributed by atoms with E-state index in [1.54, 1.807) is 0 Å². The Hall–Kier alpha value is -2.19. The third kappa shape index (κ3) is 3.46. The maximum atomic E-state index is 12.8. The molecule has 0 saturated heterocycles. The van der Waals surface area contributed by atoms with Gasteiger partial charge in [-0.15, -0.1) is 0 Å². The van der Waals surface area contributed by atoms with Crippen LogP contribution >= 0.6 is 11.6 Å². The molecular formula is C19H21ClN2O6. The van der Waals surface area contributed by atoms with E-state index in [0.29, 0.717) is 31.1 Å². The number of aliphatic hydroxyl groups is 1. The normalized spacial score (nSPS) is 32.8. The fraction of sp³-hybridized carbons (Fsp3) is 0.579. The smallest absolute Gasteiger partial charge is 0.312 e. The second-order valence-electron chi connectivity index (χ2n) is 8.51. The largest absolute Gasteiger partial charge is 0.455 e. The Labute approximate surface area is 166 Å². The molecule has 4 aliphatic rings. The van der Waals surface area contributed by atoms with Crippen LogP contribution in [0.4, 0.5) is 11.4 Å². The van der Waals surface area contributed by atoms with Gasteiger partial charge in [-0.2, -0.15) is 0 Å². The lowest BCUT2D eigenvalue weighted by Gasteiger charge is -2.58. The van der Waals surface area contributed by atoms with Gasteiger partial charge in [-0.25, -0.2) is 0 Å². The molecule has 150 valence electrons. The molecule has 0 aliphatic heterocycles. The number of ether oxygens (including phenoxy) is 1. The molecule has 4 fully saturated rings. The highest BCUT2D eigenvalue weighted by atomic mass is 35.5. The number of amides is 1. The molecule has 1 aromatic carbocycles. The van der Waals surface area contributed by atoms with Gasteiger partial charge in [-0.05, 0) is 62.5 Å². The molecule has 2 atom stereocenters. The number of benzene rings is 1. The summed E-state index contributed by atoms with van der Waals surface area (Å²) in [6.07, 6.45) is 4.35. The summed E-state index contributed by atoms with van der Waals surface area (Å²) in [6, 6.07) is 3.90. The fourth-order valence-corrected chi connectivity index (χ4v) is 5.85. The first-order valence-electron chi connectivity index (χ1n) is 9.31. The second-order valence-corrected chi connectivity index (χ2v) is 8.92. The number of esters is 1. The van der Waals surface area contributed by atoms with Crippen molar-refractivity contribution in [3.63, 3.8) is 0 Å². The topological polar surface area (TPSA) is 119 Å². The summed E-state index contributed by atoms with van der Waals surface area (Å²) in [5.74, 6) is -0.352. The first kappa shape index (κ1) is 19.1. The molecule has 9 heteroatoms. The highest BCUT2D eigenvalue weighted by Crippen LogP contribution is 2.61. The molecule has 28 heavy (non-hydrogen) atoms. The van der Waals surface area contributed by atoms with Crippen LogP contribution in [0.3, 0.4) is 0 Å². The highest BCUT2D eigenvalue weighted by Gasteiger charge is 2.60. The molecule has 0 radical (unpaired) electrons. The molecule has 0 aromatic heterocycles. The third-order valence-electron chi connectivity index (χ3n) is 6.22. The van der Waals surface area contributed by atoms with E-state index >= 15 is 0 Å². The van der Waals surface area contributed by atoms with Crippen molar-refractivity contribution in [1.82, 2.24) is 0 Å². The summed E-state index contributed by atoms with van der Waals surface area (Å²) in [6.45, 7) is -0.481. The molecule has 0 spiro atoms. The van der Waals surface area contributed by atoms with E-state index in [9.17, 15) is 24.8 Å². The second kappa shape index (κ2) is 6.70. The van der Waals surface area contributed by atoms with Gasteiger partial charge in [0.05, 0.1) is 15.9 Å². The van der Waals surface area contributed by atoms with Crippen molar-refractivity contribution < 1.29 is 24.4 Å². The average Bonchev–Trinajstić information content (AvgIpc) is 2.59. The van der Waals surface area contributed by atoms with Gasteiger partial charge in [0.1, 0.15) is 5.02 Å². The number of carbonyl (C=O) groups excluding carboxylic acids is 2. The maximum absolute atomic E-state index is 12.8. The summed E-state index contributed by atoms with van der Waals surface area (Å²) >= 11 is 5.75. The Balaban J connectivity index is 1.37. The number of halogens is 1. The molecular weight excluding hydrogens is 388 g/mol. The van der Waals surface area contributed by atoms with Crippen molar-refractivity contribution in [3.05, 3.63) is 33.3 Å². The molecule has 1 amide bonds. The van der Waals surface area contributed by atoms with Crippen LogP contribution in [0.1, 0.15) is 38.5 Å². The number of nitro benzene ring substituents is 1. The Morgan fingerprint density at radius 2 is 1.96 bits per heavy atom. The van der Waals surface area contributed by atoms with E-state index in [0.717, 1.165) is 25.3 Å². The first-order valence-corrected chi connectivity index (χ1v) is 9.69. The molecule has 5 rings (SSSR count). The van der Waals surface area contributed by atoms with Crippen LogP contribution in [-0.2, 0) is 14.3 Å². The van der Waals surface area contributed by atoms with Gasteiger partial charge >= 0.3 is 5.97 Å². The number of carbonyl (C=O) groups is 2. The Bertz CT molecular complexity index is 843. The van der Waals surface area contributed by atoms with Crippen molar-refractivity contribution in [1.29, 1.82) is 0 Å². The monoisotopic (exact) mass is 408 g/mol. The van der Waals surface area contributed by atoms with E-state index in [4.69, 9.17) is 16.3 Å². The molecule has 8 nitrogen and oxygen atoms in total. The molecule has 4 bridgehead atoms. The van der Waals surface area contributed by atoms with Gasteiger partial charge in [-0.1, -0.05) is 11.6 Å². The Morgan fingerprint density at radius 1 is 1.29 bits per heavy atom. The molecule has 1 aromatic rings. The van der Waals surface area contributed by atoms with Crippen LogP contribution in [0.15, 0.2) is 18.2 Å². The van der Waals surface area contributed by atoms with E-state index in [1.807, 2.05) is 0 Å². The zero-order chi connectivity index (χ0) is 20.1. The number of anilines is 1.